The molecule has 2 atom stereocenters. The van der Waals surface area contributed by atoms with E-state index in [1.54, 1.807) is 21.9 Å². The van der Waals surface area contributed by atoms with Crippen molar-refractivity contribution in [3.63, 3.8) is 0 Å². The normalized spacial score (nSPS) is 24.1. The summed E-state index contributed by atoms with van der Waals surface area (Å²) in [6.07, 6.45) is 11.8. The van der Waals surface area contributed by atoms with Crippen LogP contribution in [0, 0.1) is 16.7 Å². The number of piperidine rings is 1. The summed E-state index contributed by atoms with van der Waals surface area (Å²) < 4.78 is 10.6. The number of hydrogen-bond donors (Lipinski definition) is 0. The van der Waals surface area contributed by atoms with E-state index in [-0.39, 0.29) is 47.7 Å². The topological polar surface area (TPSA) is 100 Å². The lowest BCUT2D eigenvalue weighted by atomic mass is 9.59. The molecule has 1 aromatic heterocycles. The van der Waals surface area contributed by atoms with Crippen LogP contribution in [0.1, 0.15) is 95.5 Å². The van der Waals surface area contributed by atoms with Crippen molar-refractivity contribution < 1.29 is 28.3 Å². The van der Waals surface area contributed by atoms with Gasteiger partial charge in [-0.2, -0.15) is 0 Å². The number of methoxy groups -OCH3 is 1. The zero-order chi connectivity index (χ0) is 29.6. The highest BCUT2D eigenvalue weighted by atomic mass is 16.5. The van der Waals surface area contributed by atoms with Gasteiger partial charge in [0.1, 0.15) is 5.41 Å². The van der Waals surface area contributed by atoms with Gasteiger partial charge in [0.2, 0.25) is 11.8 Å². The van der Waals surface area contributed by atoms with Crippen molar-refractivity contribution in [2.45, 2.75) is 85.0 Å². The smallest absolute Gasteiger partial charge is 0.317 e. The van der Waals surface area contributed by atoms with Crippen molar-refractivity contribution in [2.24, 2.45) is 16.7 Å². The van der Waals surface area contributed by atoms with E-state index in [2.05, 4.69) is 26.8 Å². The number of carbonyl (C=O) groups excluding carboxylic acids is 4. The molecule has 0 N–H and O–H groups in total. The number of piperazine rings is 1. The summed E-state index contributed by atoms with van der Waals surface area (Å²) in [5, 5.41) is 0. The molecule has 41 heavy (non-hydrogen) atoms. The van der Waals surface area contributed by atoms with Crippen molar-refractivity contribution in [1.82, 2.24) is 14.7 Å². The van der Waals surface area contributed by atoms with E-state index in [4.69, 9.17) is 9.15 Å². The second-order valence-corrected chi connectivity index (χ2v) is 12.7. The van der Waals surface area contributed by atoms with Gasteiger partial charge >= 0.3 is 5.97 Å². The highest BCUT2D eigenvalue weighted by Gasteiger charge is 2.57. The number of rotatable bonds is 11. The van der Waals surface area contributed by atoms with E-state index in [9.17, 15) is 19.2 Å². The van der Waals surface area contributed by atoms with Crippen LogP contribution in [-0.4, -0.2) is 78.2 Å². The molecule has 226 valence electrons. The Hall–Kier alpha value is -3.10. The van der Waals surface area contributed by atoms with Crippen LogP contribution in [0.25, 0.3) is 0 Å². The molecule has 3 heterocycles. The summed E-state index contributed by atoms with van der Waals surface area (Å²) >= 11 is 0. The van der Waals surface area contributed by atoms with E-state index < -0.39 is 11.3 Å². The second kappa shape index (κ2) is 13.3. The van der Waals surface area contributed by atoms with Crippen LogP contribution >= 0.6 is 0 Å². The van der Waals surface area contributed by atoms with Crippen molar-refractivity contribution in [1.29, 1.82) is 0 Å². The van der Waals surface area contributed by atoms with Crippen molar-refractivity contribution in [3.05, 3.63) is 35.9 Å². The number of likely N-dealkylation sites (tertiary alicyclic amines) is 1. The Kier molecular flexibility index (Phi) is 9.97. The number of furan rings is 1. The SMILES string of the molecule is CCCCCCCCN1C(=O)[C@H](CC(=O)N2CCN(C(=O)c3ccco3)CC2)C[C@@]2(C(=O)OC)CC(C)(C)CC=C12. The summed E-state index contributed by atoms with van der Waals surface area (Å²) in [6.45, 7) is 8.63. The van der Waals surface area contributed by atoms with Crippen molar-refractivity contribution >= 4 is 23.7 Å². The minimum Gasteiger partial charge on any atom is -0.468 e. The van der Waals surface area contributed by atoms with Crippen LogP contribution in [0.3, 0.4) is 0 Å². The third kappa shape index (κ3) is 6.87. The molecule has 3 amide bonds. The van der Waals surface area contributed by atoms with Gasteiger partial charge in [-0.1, -0.05) is 59.0 Å². The van der Waals surface area contributed by atoms with Gasteiger partial charge in [0.15, 0.2) is 5.76 Å². The van der Waals surface area contributed by atoms with Gasteiger partial charge in [-0.25, -0.2) is 0 Å². The number of amides is 3. The van der Waals surface area contributed by atoms with E-state index in [0.717, 1.165) is 31.4 Å². The molecule has 2 fully saturated rings. The first kappa shape index (κ1) is 30.8. The minimum atomic E-state index is -0.939. The summed E-state index contributed by atoms with van der Waals surface area (Å²) in [6, 6.07) is 3.32. The van der Waals surface area contributed by atoms with Crippen molar-refractivity contribution in [2.75, 3.05) is 39.8 Å². The molecule has 0 bridgehead atoms. The van der Waals surface area contributed by atoms with E-state index in [0.29, 0.717) is 39.1 Å². The summed E-state index contributed by atoms with van der Waals surface area (Å²) in [5.74, 6) is -1.00. The Morgan fingerprint density at radius 2 is 1.71 bits per heavy atom. The average molecular weight is 570 g/mol. The molecule has 3 aliphatic rings. The Balaban J connectivity index is 1.48. The predicted octanol–water partition coefficient (Wildman–Crippen LogP) is 5.03. The first-order chi connectivity index (χ1) is 19.6. The number of fused-ring (bicyclic) bond motifs is 1. The summed E-state index contributed by atoms with van der Waals surface area (Å²) in [7, 11) is 1.41. The molecule has 0 unspecified atom stereocenters. The van der Waals surface area contributed by atoms with Gasteiger partial charge < -0.3 is 23.9 Å². The van der Waals surface area contributed by atoms with E-state index in [1.165, 1.54) is 32.6 Å². The fraction of sp³-hybridized carbons (Fsp3) is 0.688. The molecule has 1 aromatic rings. The van der Waals surface area contributed by atoms with Crippen LogP contribution in [0.15, 0.2) is 34.6 Å². The molecule has 4 rings (SSSR count). The standard InChI is InChI=1S/C32H47N3O6/c1-5-6-7-8-9-10-15-35-26-13-14-31(2,3)23-32(26,30(39)40-4)22-24(28(35)37)21-27(36)33-16-18-34(19-17-33)29(38)25-12-11-20-41-25/h11-13,20,24H,5-10,14-19,21-23H2,1-4H3/t24-,32-/m1/s1. The number of esters is 1. The second-order valence-electron chi connectivity index (χ2n) is 12.7. The highest BCUT2D eigenvalue weighted by molar-refractivity contribution is 5.93. The van der Waals surface area contributed by atoms with Gasteiger partial charge in [-0.05, 0) is 43.2 Å². The molecule has 1 aliphatic carbocycles. The average Bonchev–Trinajstić information content (AvgIpc) is 3.50. The van der Waals surface area contributed by atoms with Gasteiger partial charge in [-0.3, -0.25) is 19.2 Å². The van der Waals surface area contributed by atoms with Crippen molar-refractivity contribution in [3.8, 4) is 0 Å². The third-order valence-electron chi connectivity index (χ3n) is 9.00. The van der Waals surface area contributed by atoms with Crippen LogP contribution in [-0.2, 0) is 19.1 Å². The predicted molar refractivity (Wildman–Crippen MR) is 155 cm³/mol. The Morgan fingerprint density at radius 1 is 1.02 bits per heavy atom. The first-order valence-corrected chi connectivity index (χ1v) is 15.3. The highest BCUT2D eigenvalue weighted by Crippen LogP contribution is 2.54. The molecular weight excluding hydrogens is 522 g/mol. The molecule has 0 aromatic carbocycles. The van der Waals surface area contributed by atoms with E-state index >= 15 is 0 Å². The fourth-order valence-corrected chi connectivity index (χ4v) is 6.89. The maximum atomic E-state index is 14.0. The van der Waals surface area contributed by atoms with E-state index in [1.807, 2.05) is 4.90 Å². The summed E-state index contributed by atoms with van der Waals surface area (Å²) in [5.41, 5.74) is -0.294. The monoisotopic (exact) mass is 569 g/mol. The molecular formula is C32H47N3O6. The zero-order valence-corrected chi connectivity index (χ0v) is 25.3. The quantitative estimate of drug-likeness (QED) is 0.274. The fourth-order valence-electron chi connectivity index (χ4n) is 6.89. The van der Waals surface area contributed by atoms with Crippen LogP contribution in [0.2, 0.25) is 0 Å². The van der Waals surface area contributed by atoms with Crippen LogP contribution < -0.4 is 0 Å². The number of allylic oxidation sites excluding steroid dienone is 1. The number of nitrogens with zero attached hydrogens (tertiary/aromatic N) is 3. The molecule has 9 nitrogen and oxygen atoms in total. The molecule has 9 heteroatoms. The molecule has 2 aliphatic heterocycles. The molecule has 2 saturated heterocycles. The Labute approximate surface area is 244 Å². The lowest BCUT2D eigenvalue weighted by Gasteiger charge is -2.51. The molecule has 0 radical (unpaired) electrons. The van der Waals surface area contributed by atoms with Gasteiger partial charge in [-0.15, -0.1) is 0 Å². The lowest BCUT2D eigenvalue weighted by Crippen LogP contribution is -2.56. The number of unbranched alkanes of at least 4 members (excludes halogenated alkanes) is 5. The van der Waals surface area contributed by atoms with Crippen LogP contribution in [0.4, 0.5) is 0 Å². The number of ether oxygens (including phenoxy) is 1. The largest absolute Gasteiger partial charge is 0.468 e. The lowest BCUT2D eigenvalue weighted by molar-refractivity contribution is -0.163. The maximum Gasteiger partial charge on any atom is 0.317 e. The van der Waals surface area contributed by atoms with Gasteiger partial charge in [0, 0.05) is 50.8 Å². The van der Waals surface area contributed by atoms with Crippen LogP contribution in [0.5, 0.6) is 0 Å². The Morgan fingerprint density at radius 3 is 2.37 bits per heavy atom. The zero-order valence-electron chi connectivity index (χ0n) is 25.3. The minimum absolute atomic E-state index is 0.0460. The first-order valence-electron chi connectivity index (χ1n) is 15.3. The molecule has 0 spiro atoms. The molecule has 0 saturated carbocycles. The summed E-state index contributed by atoms with van der Waals surface area (Å²) in [4.78, 5) is 58.8. The van der Waals surface area contributed by atoms with Gasteiger partial charge in [0.25, 0.3) is 5.91 Å². The third-order valence-corrected chi connectivity index (χ3v) is 9.00. The van der Waals surface area contributed by atoms with Gasteiger partial charge in [0.05, 0.1) is 13.4 Å². The Bertz CT molecular complexity index is 1120. The maximum absolute atomic E-state index is 14.0. The number of carbonyl (C=O) groups is 4. The number of hydrogen-bond acceptors (Lipinski definition) is 6.